The molecule has 0 saturated carbocycles. The average Bonchev–Trinajstić information content (AvgIpc) is 2.91. The van der Waals surface area contributed by atoms with Crippen molar-refractivity contribution in [3.8, 4) is 0 Å². The Morgan fingerprint density at radius 3 is 2.75 bits per heavy atom. The first kappa shape index (κ1) is 13.7. The molecule has 2 aliphatic rings. The Morgan fingerprint density at radius 2 is 2.10 bits per heavy atom. The number of anilines is 1. The number of ether oxygens (including phenoxy) is 1. The third-order valence-corrected chi connectivity index (χ3v) is 4.55. The second kappa shape index (κ2) is 5.61. The molecule has 1 aromatic heterocycles. The molecule has 0 unspecified atom stereocenters. The maximum atomic E-state index is 13.0. The second-order valence-corrected chi connectivity index (χ2v) is 5.54. The van der Waals surface area contributed by atoms with Gasteiger partial charge in [-0.15, -0.1) is 0 Å². The molecule has 0 aromatic carbocycles. The highest BCUT2D eigenvalue weighted by Gasteiger charge is 2.44. The van der Waals surface area contributed by atoms with Crippen LogP contribution in [0.15, 0.2) is 12.4 Å². The lowest BCUT2D eigenvalue weighted by Crippen LogP contribution is -2.52. The van der Waals surface area contributed by atoms with Gasteiger partial charge in [0.05, 0.1) is 24.5 Å². The summed E-state index contributed by atoms with van der Waals surface area (Å²) in [5, 5.41) is 0. The van der Waals surface area contributed by atoms with Gasteiger partial charge in [-0.25, -0.2) is 14.4 Å². The van der Waals surface area contributed by atoms with E-state index in [1.54, 1.807) is 7.11 Å². The fourth-order valence-electron chi connectivity index (χ4n) is 3.49. The summed E-state index contributed by atoms with van der Waals surface area (Å²) >= 11 is 0. The Morgan fingerprint density at radius 1 is 1.35 bits per heavy atom. The van der Waals surface area contributed by atoms with Gasteiger partial charge in [0.2, 0.25) is 5.95 Å². The van der Waals surface area contributed by atoms with Crippen molar-refractivity contribution >= 4 is 5.95 Å². The van der Waals surface area contributed by atoms with Crippen LogP contribution in [-0.4, -0.2) is 60.3 Å². The van der Waals surface area contributed by atoms with Crippen molar-refractivity contribution in [1.29, 1.82) is 0 Å². The Bertz CT molecular complexity index is 455. The highest BCUT2D eigenvalue weighted by Crippen LogP contribution is 2.33. The first-order valence-electron chi connectivity index (χ1n) is 7.22. The van der Waals surface area contributed by atoms with Crippen LogP contribution in [0.5, 0.6) is 0 Å². The van der Waals surface area contributed by atoms with E-state index in [0.717, 1.165) is 32.6 Å². The highest BCUT2D eigenvalue weighted by atomic mass is 19.1. The number of halogens is 1. The molecule has 5 nitrogen and oxygen atoms in total. The van der Waals surface area contributed by atoms with Crippen LogP contribution < -0.4 is 4.90 Å². The normalized spacial score (nSPS) is 30.6. The summed E-state index contributed by atoms with van der Waals surface area (Å²) < 4.78 is 18.6. The molecule has 3 heterocycles. The monoisotopic (exact) mass is 280 g/mol. The van der Waals surface area contributed by atoms with Crippen LogP contribution in [0.1, 0.15) is 13.3 Å². The van der Waals surface area contributed by atoms with Crippen LogP contribution in [0.25, 0.3) is 0 Å². The van der Waals surface area contributed by atoms with E-state index in [-0.39, 0.29) is 0 Å². The van der Waals surface area contributed by atoms with Gasteiger partial charge in [0.25, 0.3) is 0 Å². The molecular weight excluding hydrogens is 259 g/mol. The minimum Gasteiger partial charge on any atom is -0.381 e. The second-order valence-electron chi connectivity index (χ2n) is 5.54. The lowest BCUT2D eigenvalue weighted by molar-refractivity contribution is 0.0317. The van der Waals surface area contributed by atoms with Crippen molar-refractivity contribution in [2.45, 2.75) is 25.5 Å². The Kier molecular flexibility index (Phi) is 3.85. The molecule has 0 radical (unpaired) electrons. The summed E-state index contributed by atoms with van der Waals surface area (Å²) in [4.78, 5) is 12.9. The molecule has 3 atom stereocenters. The van der Waals surface area contributed by atoms with Gasteiger partial charge in [-0.3, -0.25) is 0 Å². The molecule has 2 aliphatic heterocycles. The third-order valence-electron chi connectivity index (χ3n) is 4.55. The van der Waals surface area contributed by atoms with E-state index in [1.165, 1.54) is 12.4 Å². The number of fused-ring (bicyclic) bond motifs is 1. The van der Waals surface area contributed by atoms with Crippen LogP contribution in [0.4, 0.5) is 10.3 Å². The van der Waals surface area contributed by atoms with E-state index in [9.17, 15) is 4.39 Å². The molecule has 0 bridgehead atoms. The molecule has 2 fully saturated rings. The topological polar surface area (TPSA) is 41.5 Å². The number of methoxy groups -OCH3 is 1. The van der Waals surface area contributed by atoms with Gasteiger partial charge in [-0.1, -0.05) is 6.92 Å². The fourth-order valence-corrected chi connectivity index (χ4v) is 3.49. The van der Waals surface area contributed by atoms with Gasteiger partial charge in [0.1, 0.15) is 0 Å². The highest BCUT2D eigenvalue weighted by molar-refractivity contribution is 5.34. The molecule has 1 aromatic rings. The summed E-state index contributed by atoms with van der Waals surface area (Å²) in [5.41, 5.74) is 0. The standard InChI is InChI=1S/C14H21FN4O/c1-3-18-8-11-12(9-18)19(5-4-13(11)20-2)14-16-6-10(15)7-17-14/h6-7,11-13H,3-5,8-9H2,1-2H3/t11-,12+,13+/m1/s1. The minimum absolute atomic E-state index is 0.299. The van der Waals surface area contributed by atoms with Gasteiger partial charge in [-0.2, -0.15) is 0 Å². The van der Waals surface area contributed by atoms with E-state index in [4.69, 9.17) is 4.74 Å². The summed E-state index contributed by atoms with van der Waals surface area (Å²) in [5.74, 6) is 0.718. The van der Waals surface area contributed by atoms with Crippen molar-refractivity contribution in [1.82, 2.24) is 14.9 Å². The molecule has 0 spiro atoms. The predicted octanol–water partition coefficient (Wildman–Crippen LogP) is 1.16. The molecule has 0 amide bonds. The number of hydrogen-bond acceptors (Lipinski definition) is 5. The first-order chi connectivity index (χ1) is 9.72. The van der Waals surface area contributed by atoms with Crippen molar-refractivity contribution in [3.05, 3.63) is 18.2 Å². The van der Waals surface area contributed by atoms with Crippen molar-refractivity contribution in [3.63, 3.8) is 0 Å². The Balaban J connectivity index is 1.84. The number of hydrogen-bond donors (Lipinski definition) is 0. The van der Waals surface area contributed by atoms with Crippen LogP contribution in [0, 0.1) is 11.7 Å². The van der Waals surface area contributed by atoms with E-state index in [2.05, 4.69) is 26.7 Å². The molecule has 0 aliphatic carbocycles. The van der Waals surface area contributed by atoms with Gasteiger partial charge < -0.3 is 14.5 Å². The molecular formula is C14H21FN4O. The molecule has 0 N–H and O–H groups in total. The zero-order chi connectivity index (χ0) is 14.1. The van der Waals surface area contributed by atoms with Gasteiger partial charge >= 0.3 is 0 Å². The zero-order valence-corrected chi connectivity index (χ0v) is 12.0. The SMILES string of the molecule is CCN1C[C@H]2[C@@H](OC)CCN(c3ncc(F)cn3)[C@H]2C1. The molecule has 3 rings (SSSR count). The molecule has 20 heavy (non-hydrogen) atoms. The third kappa shape index (κ3) is 2.38. The smallest absolute Gasteiger partial charge is 0.225 e. The van der Waals surface area contributed by atoms with Gasteiger partial charge in [0.15, 0.2) is 5.82 Å². The number of likely N-dealkylation sites (N-methyl/N-ethyl adjacent to an activating group) is 1. The van der Waals surface area contributed by atoms with Crippen molar-refractivity contribution in [2.75, 3.05) is 38.2 Å². The number of likely N-dealkylation sites (tertiary alicyclic amines) is 1. The number of aromatic nitrogens is 2. The van der Waals surface area contributed by atoms with Gasteiger partial charge in [0, 0.05) is 32.7 Å². The summed E-state index contributed by atoms with van der Waals surface area (Å²) in [6, 6.07) is 0.360. The van der Waals surface area contributed by atoms with Crippen LogP contribution in [-0.2, 0) is 4.74 Å². The van der Waals surface area contributed by atoms with Crippen LogP contribution >= 0.6 is 0 Å². The van der Waals surface area contributed by atoms with Crippen LogP contribution in [0.3, 0.4) is 0 Å². The maximum absolute atomic E-state index is 13.0. The summed E-state index contributed by atoms with van der Waals surface area (Å²) in [6.45, 7) is 6.14. The summed E-state index contributed by atoms with van der Waals surface area (Å²) in [6.07, 6.45) is 3.75. The molecule has 6 heteroatoms. The number of rotatable bonds is 3. The average molecular weight is 280 g/mol. The Labute approximate surface area is 118 Å². The van der Waals surface area contributed by atoms with Crippen molar-refractivity contribution in [2.24, 2.45) is 5.92 Å². The van der Waals surface area contributed by atoms with Gasteiger partial charge in [-0.05, 0) is 13.0 Å². The van der Waals surface area contributed by atoms with E-state index >= 15 is 0 Å². The Hall–Kier alpha value is -1.27. The van der Waals surface area contributed by atoms with E-state index in [0.29, 0.717) is 24.0 Å². The minimum atomic E-state index is -0.390. The largest absolute Gasteiger partial charge is 0.381 e. The summed E-state index contributed by atoms with van der Waals surface area (Å²) in [7, 11) is 1.79. The molecule has 2 saturated heterocycles. The quantitative estimate of drug-likeness (QED) is 0.831. The first-order valence-corrected chi connectivity index (χ1v) is 7.22. The lowest BCUT2D eigenvalue weighted by atomic mass is 9.89. The predicted molar refractivity (Wildman–Crippen MR) is 74.1 cm³/mol. The van der Waals surface area contributed by atoms with Crippen molar-refractivity contribution < 1.29 is 9.13 Å². The molecule has 110 valence electrons. The number of nitrogens with zero attached hydrogens (tertiary/aromatic N) is 4. The fraction of sp³-hybridized carbons (Fsp3) is 0.714. The number of piperidine rings is 1. The zero-order valence-electron chi connectivity index (χ0n) is 12.0. The van der Waals surface area contributed by atoms with E-state index < -0.39 is 5.82 Å². The lowest BCUT2D eigenvalue weighted by Gasteiger charge is -2.41. The maximum Gasteiger partial charge on any atom is 0.225 e. The van der Waals surface area contributed by atoms with E-state index in [1.807, 2.05) is 0 Å². The van der Waals surface area contributed by atoms with Crippen LogP contribution in [0.2, 0.25) is 0 Å².